The summed E-state index contributed by atoms with van der Waals surface area (Å²) in [7, 11) is -2.85. The average Bonchev–Trinajstić information content (AvgIpc) is 2.61. The highest BCUT2D eigenvalue weighted by molar-refractivity contribution is 7.98. The lowest BCUT2D eigenvalue weighted by Gasteiger charge is -2.16. The Morgan fingerprint density at radius 1 is 1.20 bits per heavy atom. The van der Waals surface area contributed by atoms with Crippen LogP contribution < -0.4 is 4.72 Å². The van der Waals surface area contributed by atoms with E-state index in [2.05, 4.69) is 9.46 Å². The maximum absolute atomic E-state index is 13.3. The first-order valence-corrected chi connectivity index (χ1v) is 10.0. The number of thioether (sulfide) groups is 1. The predicted octanol–water partition coefficient (Wildman–Crippen LogP) is 2.58. The molecule has 8 heteroatoms. The smallest absolute Gasteiger partial charge is 0.324 e. The number of esters is 1. The van der Waals surface area contributed by atoms with Crippen LogP contribution in [0.5, 0.6) is 0 Å². The molecular formula is C17H18FNO4S2. The first kappa shape index (κ1) is 19.4. The van der Waals surface area contributed by atoms with Crippen molar-refractivity contribution in [2.45, 2.75) is 16.7 Å². The van der Waals surface area contributed by atoms with Gasteiger partial charge in [0, 0.05) is 11.5 Å². The monoisotopic (exact) mass is 383 g/mol. The van der Waals surface area contributed by atoms with E-state index < -0.39 is 27.9 Å². The Kier molecular flexibility index (Phi) is 6.98. The first-order valence-electron chi connectivity index (χ1n) is 7.40. The zero-order chi connectivity index (χ0) is 18.3. The molecule has 2 rings (SSSR count). The second-order valence-corrected chi connectivity index (χ2v) is 7.90. The predicted molar refractivity (Wildman–Crippen MR) is 95.1 cm³/mol. The molecule has 0 aliphatic rings. The Bertz CT molecular complexity index is 812. The summed E-state index contributed by atoms with van der Waals surface area (Å²) in [5.41, 5.74) is 1.06. The van der Waals surface area contributed by atoms with Crippen molar-refractivity contribution in [1.82, 2.24) is 4.72 Å². The Labute approximate surface area is 150 Å². The second kappa shape index (κ2) is 8.98. The Balaban J connectivity index is 2.05. The third kappa shape index (κ3) is 5.84. The summed E-state index contributed by atoms with van der Waals surface area (Å²) in [6.07, 6.45) is 0. The van der Waals surface area contributed by atoms with E-state index in [0.29, 0.717) is 5.75 Å². The Hall–Kier alpha value is -1.90. The van der Waals surface area contributed by atoms with Gasteiger partial charge in [0.15, 0.2) is 0 Å². The summed E-state index contributed by atoms with van der Waals surface area (Å²) in [6, 6.07) is 13.1. The Morgan fingerprint density at radius 2 is 1.92 bits per heavy atom. The van der Waals surface area contributed by atoms with Crippen LogP contribution in [0.2, 0.25) is 0 Å². The zero-order valence-electron chi connectivity index (χ0n) is 13.5. The third-order valence-electron chi connectivity index (χ3n) is 3.29. The fraction of sp³-hybridized carbons (Fsp3) is 0.235. The van der Waals surface area contributed by atoms with Crippen molar-refractivity contribution in [3.05, 3.63) is 66.0 Å². The highest BCUT2D eigenvalue weighted by Gasteiger charge is 2.26. The van der Waals surface area contributed by atoms with Crippen LogP contribution in [0.25, 0.3) is 0 Å². The topological polar surface area (TPSA) is 72.5 Å². The van der Waals surface area contributed by atoms with Crippen molar-refractivity contribution in [2.75, 3.05) is 12.9 Å². The molecule has 25 heavy (non-hydrogen) atoms. The maximum atomic E-state index is 13.3. The fourth-order valence-electron chi connectivity index (χ4n) is 2.05. The number of nitrogens with one attached hydrogen (secondary N) is 1. The third-order valence-corrected chi connectivity index (χ3v) is 5.86. The molecular weight excluding hydrogens is 365 g/mol. The van der Waals surface area contributed by atoms with Crippen molar-refractivity contribution in [2.24, 2.45) is 0 Å². The maximum Gasteiger partial charge on any atom is 0.324 e. The molecule has 0 heterocycles. The summed E-state index contributed by atoms with van der Waals surface area (Å²) >= 11 is 1.40. The molecule has 0 aromatic heterocycles. The number of ether oxygens (including phenoxy) is 1. The largest absolute Gasteiger partial charge is 0.468 e. The number of methoxy groups -OCH3 is 1. The number of rotatable bonds is 8. The van der Waals surface area contributed by atoms with Gasteiger partial charge >= 0.3 is 5.97 Å². The number of hydrogen-bond donors (Lipinski definition) is 1. The zero-order valence-corrected chi connectivity index (χ0v) is 15.1. The van der Waals surface area contributed by atoms with Crippen LogP contribution in [-0.4, -0.2) is 33.3 Å². The van der Waals surface area contributed by atoms with Crippen molar-refractivity contribution in [1.29, 1.82) is 0 Å². The lowest BCUT2D eigenvalue weighted by Crippen LogP contribution is -2.43. The quantitative estimate of drug-likeness (QED) is 0.710. The number of sulfonamides is 1. The molecule has 0 aliphatic heterocycles. The number of benzene rings is 2. The highest BCUT2D eigenvalue weighted by atomic mass is 32.2. The minimum absolute atomic E-state index is 0.191. The van der Waals surface area contributed by atoms with E-state index in [1.54, 1.807) is 0 Å². The van der Waals surface area contributed by atoms with E-state index in [0.717, 1.165) is 17.7 Å². The lowest BCUT2D eigenvalue weighted by molar-refractivity contribution is -0.141. The van der Waals surface area contributed by atoms with Crippen LogP contribution in [0.15, 0.2) is 59.5 Å². The summed E-state index contributed by atoms with van der Waals surface area (Å²) in [5, 5.41) is 0. The van der Waals surface area contributed by atoms with Crippen LogP contribution >= 0.6 is 11.8 Å². The molecule has 2 aromatic rings. The normalized spacial score (nSPS) is 12.6. The molecule has 134 valence electrons. The SMILES string of the molecule is COC(=O)C(CSCc1ccccc1)NS(=O)(=O)c1cccc(F)c1. The summed E-state index contributed by atoms with van der Waals surface area (Å²) in [4.78, 5) is 11.7. The molecule has 2 aromatic carbocycles. The van der Waals surface area contributed by atoms with Gasteiger partial charge in [0.05, 0.1) is 12.0 Å². The van der Waals surface area contributed by atoms with Crippen molar-refractivity contribution in [3.8, 4) is 0 Å². The standard InChI is InChI=1S/C17H18FNO4S2/c1-23-17(20)16(12-24-11-13-6-3-2-4-7-13)19-25(21,22)15-9-5-8-14(18)10-15/h2-10,16,19H,11-12H2,1H3. The van der Waals surface area contributed by atoms with Gasteiger partial charge in [0.2, 0.25) is 10.0 Å². The van der Waals surface area contributed by atoms with E-state index in [4.69, 9.17) is 0 Å². The Morgan fingerprint density at radius 3 is 2.56 bits per heavy atom. The van der Waals surface area contributed by atoms with Gasteiger partial charge < -0.3 is 4.74 Å². The molecule has 1 N–H and O–H groups in total. The van der Waals surface area contributed by atoms with Gasteiger partial charge in [-0.25, -0.2) is 12.8 Å². The van der Waals surface area contributed by atoms with Gasteiger partial charge in [0.25, 0.3) is 0 Å². The molecule has 1 atom stereocenters. The van der Waals surface area contributed by atoms with E-state index >= 15 is 0 Å². The molecule has 5 nitrogen and oxygen atoms in total. The van der Waals surface area contributed by atoms with Gasteiger partial charge in [-0.05, 0) is 23.8 Å². The molecule has 0 saturated carbocycles. The van der Waals surface area contributed by atoms with Gasteiger partial charge in [-0.3, -0.25) is 4.79 Å². The van der Waals surface area contributed by atoms with Gasteiger partial charge in [-0.15, -0.1) is 0 Å². The van der Waals surface area contributed by atoms with E-state index in [1.165, 1.54) is 31.0 Å². The van der Waals surface area contributed by atoms with Crippen molar-refractivity contribution in [3.63, 3.8) is 0 Å². The molecule has 0 fully saturated rings. The summed E-state index contributed by atoms with van der Waals surface area (Å²) < 4.78 is 44.9. The minimum Gasteiger partial charge on any atom is -0.468 e. The van der Waals surface area contributed by atoms with Gasteiger partial charge in [-0.2, -0.15) is 16.5 Å². The number of carbonyl (C=O) groups is 1. The molecule has 1 unspecified atom stereocenters. The minimum atomic E-state index is -4.04. The molecule has 0 radical (unpaired) electrons. The highest BCUT2D eigenvalue weighted by Crippen LogP contribution is 2.16. The summed E-state index contributed by atoms with van der Waals surface area (Å²) in [6.45, 7) is 0. The molecule has 0 aliphatic carbocycles. The average molecular weight is 383 g/mol. The van der Waals surface area contributed by atoms with Crippen LogP contribution in [0.4, 0.5) is 4.39 Å². The van der Waals surface area contributed by atoms with Crippen LogP contribution in [0.1, 0.15) is 5.56 Å². The van der Waals surface area contributed by atoms with Gasteiger partial charge in [-0.1, -0.05) is 36.4 Å². The molecule has 0 spiro atoms. The molecule has 0 saturated heterocycles. The first-order chi connectivity index (χ1) is 11.9. The van der Waals surface area contributed by atoms with Crippen LogP contribution in [-0.2, 0) is 25.3 Å². The number of hydrogen-bond acceptors (Lipinski definition) is 5. The van der Waals surface area contributed by atoms with E-state index in [9.17, 15) is 17.6 Å². The molecule has 0 amide bonds. The van der Waals surface area contributed by atoms with Crippen molar-refractivity contribution < 1.29 is 22.3 Å². The van der Waals surface area contributed by atoms with E-state index in [1.807, 2.05) is 30.3 Å². The van der Waals surface area contributed by atoms with Gasteiger partial charge in [0.1, 0.15) is 11.9 Å². The second-order valence-electron chi connectivity index (χ2n) is 5.16. The number of carbonyl (C=O) groups excluding carboxylic acids is 1. The molecule has 0 bridgehead atoms. The summed E-state index contributed by atoms with van der Waals surface area (Å²) in [5.74, 6) is -0.553. The lowest BCUT2D eigenvalue weighted by atomic mass is 10.2. The number of halogens is 1. The van der Waals surface area contributed by atoms with Crippen LogP contribution in [0.3, 0.4) is 0 Å². The fourth-order valence-corrected chi connectivity index (χ4v) is 4.37. The van der Waals surface area contributed by atoms with Crippen LogP contribution in [0, 0.1) is 5.82 Å². The van der Waals surface area contributed by atoms with E-state index in [-0.39, 0.29) is 10.6 Å². The van der Waals surface area contributed by atoms with Crippen molar-refractivity contribution >= 4 is 27.8 Å².